The minimum absolute atomic E-state index is 0.439. The molecule has 0 amide bonds. The Morgan fingerprint density at radius 1 is 1.38 bits per heavy atom. The third-order valence-corrected chi connectivity index (χ3v) is 3.50. The average molecular weight is 282 g/mol. The summed E-state index contributed by atoms with van der Waals surface area (Å²) >= 11 is 0. The topological polar surface area (TPSA) is 24.4 Å². The molecule has 1 aromatic carbocycles. The van der Waals surface area contributed by atoms with E-state index in [9.17, 15) is 0 Å². The van der Waals surface area contributed by atoms with Crippen LogP contribution in [0.1, 0.15) is 38.7 Å². The summed E-state index contributed by atoms with van der Waals surface area (Å²) in [7, 11) is 0. The average Bonchev–Trinajstić information content (AvgIpc) is 2.57. The third kappa shape index (κ3) is 4.75. The molecule has 1 heterocycles. The van der Waals surface area contributed by atoms with Crippen molar-refractivity contribution < 1.29 is 0 Å². The number of nitrogens with zero attached hydrogens (tertiary/aromatic N) is 1. The first-order valence-corrected chi connectivity index (χ1v) is 7.56. The lowest BCUT2D eigenvalue weighted by Gasteiger charge is -2.24. The Balaban J connectivity index is 0.00000106. The number of benzene rings is 1. The highest BCUT2D eigenvalue weighted by Crippen LogP contribution is 2.29. The summed E-state index contributed by atoms with van der Waals surface area (Å²) in [6, 6.07) is 8.45. The molecule has 1 aromatic rings. The first kappa shape index (κ1) is 17.0. The Labute approximate surface area is 129 Å². The predicted molar refractivity (Wildman–Crippen MR) is 95.1 cm³/mol. The second kappa shape index (κ2) is 8.96. The fourth-order valence-electron chi connectivity index (χ4n) is 2.36. The van der Waals surface area contributed by atoms with Gasteiger partial charge in [0.1, 0.15) is 0 Å². The summed E-state index contributed by atoms with van der Waals surface area (Å²) in [4.78, 5) is 4.05. The fourth-order valence-corrected chi connectivity index (χ4v) is 2.36. The molecular weight excluding hydrogens is 256 g/mol. The van der Waals surface area contributed by atoms with Gasteiger partial charge in [-0.05, 0) is 49.4 Å². The van der Waals surface area contributed by atoms with Crippen LogP contribution in [0.15, 0.2) is 60.3 Å². The molecule has 2 heteroatoms. The van der Waals surface area contributed by atoms with Gasteiger partial charge in [-0.3, -0.25) is 4.99 Å². The lowest BCUT2D eigenvalue weighted by atomic mass is 9.93. The fraction of sp³-hybridized carbons (Fsp3) is 0.316. The first-order valence-electron chi connectivity index (χ1n) is 7.56. The van der Waals surface area contributed by atoms with E-state index in [1.165, 1.54) is 5.57 Å². The summed E-state index contributed by atoms with van der Waals surface area (Å²) in [5, 5.41) is 3.42. The van der Waals surface area contributed by atoms with Crippen LogP contribution in [0.3, 0.4) is 0 Å². The minimum atomic E-state index is 0.439. The van der Waals surface area contributed by atoms with E-state index >= 15 is 0 Å². The summed E-state index contributed by atoms with van der Waals surface area (Å²) in [5.41, 5.74) is 4.38. The Bertz CT molecular complexity index is 526. The van der Waals surface area contributed by atoms with E-state index in [0.717, 1.165) is 36.1 Å². The Morgan fingerprint density at radius 3 is 2.67 bits per heavy atom. The van der Waals surface area contributed by atoms with Gasteiger partial charge < -0.3 is 5.32 Å². The van der Waals surface area contributed by atoms with Crippen LogP contribution in [-0.2, 0) is 0 Å². The smallest absolute Gasteiger partial charge is 0.0697 e. The van der Waals surface area contributed by atoms with Gasteiger partial charge in [-0.2, -0.15) is 0 Å². The number of rotatable bonds is 5. The maximum atomic E-state index is 4.20. The molecule has 0 fully saturated rings. The van der Waals surface area contributed by atoms with Gasteiger partial charge in [0.15, 0.2) is 0 Å². The SMILES string of the molecule is C=CC1=CNC(CC(=C)c2ccccc2N=C)CC1.CC. The number of para-hydroxylation sites is 1. The normalized spacial score (nSPS) is 16.7. The summed E-state index contributed by atoms with van der Waals surface area (Å²) in [6.07, 6.45) is 7.09. The molecule has 1 N–H and O–H groups in total. The molecule has 1 atom stereocenters. The minimum Gasteiger partial charge on any atom is -0.388 e. The highest BCUT2D eigenvalue weighted by Gasteiger charge is 2.15. The molecule has 0 aliphatic carbocycles. The van der Waals surface area contributed by atoms with E-state index in [4.69, 9.17) is 0 Å². The first-order chi connectivity index (χ1) is 10.2. The van der Waals surface area contributed by atoms with Crippen molar-refractivity contribution in [1.29, 1.82) is 0 Å². The monoisotopic (exact) mass is 282 g/mol. The molecule has 0 saturated carbocycles. The zero-order valence-electron chi connectivity index (χ0n) is 13.2. The van der Waals surface area contributed by atoms with Gasteiger partial charge in [0, 0.05) is 11.6 Å². The summed E-state index contributed by atoms with van der Waals surface area (Å²) < 4.78 is 0. The highest BCUT2D eigenvalue weighted by molar-refractivity contribution is 5.74. The van der Waals surface area contributed by atoms with Crippen LogP contribution in [0.5, 0.6) is 0 Å². The maximum Gasteiger partial charge on any atom is 0.0697 e. The van der Waals surface area contributed by atoms with Crippen molar-refractivity contribution in [1.82, 2.24) is 5.32 Å². The number of allylic oxidation sites excluding steroid dienone is 2. The second-order valence-electron chi connectivity index (χ2n) is 4.81. The van der Waals surface area contributed by atoms with Gasteiger partial charge in [-0.25, -0.2) is 0 Å². The van der Waals surface area contributed by atoms with Crippen molar-refractivity contribution in [3.05, 3.63) is 60.8 Å². The van der Waals surface area contributed by atoms with Crippen molar-refractivity contribution in [3.8, 4) is 0 Å². The Morgan fingerprint density at radius 2 is 2.10 bits per heavy atom. The molecule has 0 radical (unpaired) electrons. The highest BCUT2D eigenvalue weighted by atomic mass is 14.9. The van der Waals surface area contributed by atoms with Crippen molar-refractivity contribution in [3.63, 3.8) is 0 Å². The zero-order valence-corrected chi connectivity index (χ0v) is 13.2. The lowest BCUT2D eigenvalue weighted by molar-refractivity contribution is 0.529. The molecule has 0 saturated heterocycles. The quantitative estimate of drug-likeness (QED) is 0.731. The van der Waals surface area contributed by atoms with E-state index in [0.29, 0.717) is 6.04 Å². The largest absolute Gasteiger partial charge is 0.388 e. The maximum absolute atomic E-state index is 4.20. The van der Waals surface area contributed by atoms with Crippen LogP contribution in [0.4, 0.5) is 5.69 Å². The van der Waals surface area contributed by atoms with Crippen LogP contribution in [-0.4, -0.2) is 12.8 Å². The number of hydrogen-bond acceptors (Lipinski definition) is 2. The lowest BCUT2D eigenvalue weighted by Crippen LogP contribution is -2.28. The van der Waals surface area contributed by atoms with Gasteiger partial charge >= 0.3 is 0 Å². The Kier molecular flexibility index (Phi) is 7.24. The number of nitrogens with one attached hydrogen (secondary N) is 1. The van der Waals surface area contributed by atoms with Crippen molar-refractivity contribution in [2.45, 2.75) is 39.2 Å². The number of hydrogen-bond donors (Lipinski definition) is 1. The van der Waals surface area contributed by atoms with Crippen LogP contribution >= 0.6 is 0 Å². The predicted octanol–water partition coefficient (Wildman–Crippen LogP) is 5.27. The molecule has 0 spiro atoms. The standard InChI is InChI=1S/C17H20N2.C2H6/c1-4-14-9-10-15(19-12-14)11-13(2)16-7-5-6-8-17(16)18-3;1-2/h4-8,12,15,19H,1-3,9-11H2;1-2H3. The van der Waals surface area contributed by atoms with E-state index in [2.05, 4.69) is 42.5 Å². The molecule has 1 unspecified atom stereocenters. The molecule has 1 aliphatic heterocycles. The van der Waals surface area contributed by atoms with Gasteiger partial charge in [-0.15, -0.1) is 0 Å². The van der Waals surface area contributed by atoms with Crippen LogP contribution in [0.2, 0.25) is 0 Å². The van der Waals surface area contributed by atoms with Crippen molar-refractivity contribution in [2.24, 2.45) is 4.99 Å². The molecule has 0 aromatic heterocycles. The molecule has 112 valence electrons. The molecule has 0 bridgehead atoms. The van der Waals surface area contributed by atoms with Crippen LogP contribution in [0.25, 0.3) is 5.57 Å². The zero-order chi connectivity index (χ0) is 15.7. The second-order valence-corrected chi connectivity index (χ2v) is 4.81. The molecule has 1 aliphatic rings. The van der Waals surface area contributed by atoms with E-state index < -0.39 is 0 Å². The third-order valence-electron chi connectivity index (χ3n) is 3.50. The molecule has 21 heavy (non-hydrogen) atoms. The summed E-state index contributed by atoms with van der Waals surface area (Å²) in [5.74, 6) is 0. The van der Waals surface area contributed by atoms with Gasteiger partial charge in [0.25, 0.3) is 0 Å². The van der Waals surface area contributed by atoms with Crippen LogP contribution < -0.4 is 5.32 Å². The van der Waals surface area contributed by atoms with Crippen LogP contribution in [0, 0.1) is 0 Å². The molecule has 2 rings (SSSR count). The van der Waals surface area contributed by atoms with Crippen molar-refractivity contribution in [2.75, 3.05) is 0 Å². The van der Waals surface area contributed by atoms with E-state index in [1.54, 1.807) is 0 Å². The van der Waals surface area contributed by atoms with E-state index in [1.807, 2.05) is 38.1 Å². The Hall–Kier alpha value is -2.09. The van der Waals surface area contributed by atoms with Crippen molar-refractivity contribution >= 4 is 18.0 Å². The van der Waals surface area contributed by atoms with Gasteiger partial charge in [-0.1, -0.05) is 51.3 Å². The van der Waals surface area contributed by atoms with Gasteiger partial charge in [0.2, 0.25) is 0 Å². The molecular formula is C19H26N2. The summed E-state index contributed by atoms with van der Waals surface area (Å²) in [6.45, 7) is 15.6. The molecule has 2 nitrogen and oxygen atoms in total. The number of aliphatic imine (C=N–C) groups is 1. The van der Waals surface area contributed by atoms with E-state index in [-0.39, 0.29) is 0 Å². The van der Waals surface area contributed by atoms with Gasteiger partial charge in [0.05, 0.1) is 5.69 Å².